The summed E-state index contributed by atoms with van der Waals surface area (Å²) in [4.78, 5) is 30.8. The van der Waals surface area contributed by atoms with Gasteiger partial charge >= 0.3 is 0 Å². The number of likely N-dealkylation sites (N-methyl/N-ethyl adjacent to an activating group) is 1. The third-order valence-electron chi connectivity index (χ3n) is 5.89. The number of fused-ring (bicyclic) bond motifs is 4. The Balaban J connectivity index is 1.76. The van der Waals surface area contributed by atoms with E-state index in [0.29, 0.717) is 0 Å². The van der Waals surface area contributed by atoms with Crippen molar-refractivity contribution in [1.82, 2.24) is 24.5 Å². The lowest BCUT2D eigenvalue weighted by Crippen LogP contribution is -2.51. The van der Waals surface area contributed by atoms with Gasteiger partial charge in [0.15, 0.2) is 0 Å². The molecule has 0 spiro atoms. The molecule has 2 bridgehead atoms. The van der Waals surface area contributed by atoms with Crippen LogP contribution in [0.25, 0.3) is 0 Å². The van der Waals surface area contributed by atoms with Crippen LogP contribution in [0.2, 0.25) is 0 Å². The number of nitrogens with zero attached hydrogens (tertiary/aromatic N) is 5. The molecule has 3 saturated heterocycles. The summed E-state index contributed by atoms with van der Waals surface area (Å²) in [5.74, 6) is 0.149. The monoisotopic (exact) mass is 361 g/mol. The molecule has 2 amide bonds. The first-order valence-electron chi connectivity index (χ1n) is 9.57. The van der Waals surface area contributed by atoms with Crippen molar-refractivity contribution < 1.29 is 9.59 Å². The van der Waals surface area contributed by atoms with Crippen molar-refractivity contribution in [3.05, 3.63) is 17.0 Å². The summed E-state index contributed by atoms with van der Waals surface area (Å²) in [5, 5.41) is 4.62. The minimum absolute atomic E-state index is 0.00513. The van der Waals surface area contributed by atoms with Crippen molar-refractivity contribution >= 4 is 11.8 Å². The Bertz CT molecular complexity index is 696. The Kier molecular flexibility index (Phi) is 5.37. The Labute approximate surface area is 155 Å². The molecule has 0 unspecified atom stereocenters. The van der Waals surface area contributed by atoms with Crippen LogP contribution in [0.4, 0.5) is 0 Å². The van der Waals surface area contributed by atoms with E-state index in [4.69, 9.17) is 0 Å². The SMILES string of the molecule is CCn1nc(C)c(CN2C[C@@H]3CC[C@H](C2)N(CC(=O)N(C)C)C3=O)c1C. The summed E-state index contributed by atoms with van der Waals surface area (Å²) in [6, 6.07) is 0.131. The lowest BCUT2D eigenvalue weighted by molar-refractivity contribution is -0.145. The second-order valence-electron chi connectivity index (χ2n) is 7.84. The summed E-state index contributed by atoms with van der Waals surface area (Å²) in [7, 11) is 3.48. The van der Waals surface area contributed by atoms with Gasteiger partial charge in [-0.05, 0) is 33.6 Å². The van der Waals surface area contributed by atoms with Crippen molar-refractivity contribution in [2.45, 2.75) is 52.7 Å². The number of rotatable bonds is 5. The highest BCUT2D eigenvalue weighted by molar-refractivity contribution is 5.86. The summed E-state index contributed by atoms with van der Waals surface area (Å²) < 4.78 is 2.05. The molecule has 0 N–H and O–H groups in total. The van der Waals surface area contributed by atoms with Gasteiger partial charge in [-0.15, -0.1) is 0 Å². The van der Waals surface area contributed by atoms with E-state index in [1.807, 2.05) is 9.58 Å². The average molecular weight is 361 g/mol. The normalized spacial score (nSPS) is 23.4. The first kappa shape index (κ1) is 18.9. The molecular weight excluding hydrogens is 330 g/mol. The fourth-order valence-corrected chi connectivity index (χ4v) is 4.25. The van der Waals surface area contributed by atoms with Crippen LogP contribution >= 0.6 is 0 Å². The standard InChI is InChI=1S/C19H31N5O2/c1-6-24-14(3)17(13(2)20-24)11-22-9-15-7-8-16(10-22)23(19(15)26)12-18(25)21(4)5/h15-16H,6-12H2,1-5H3/t15-,16+/m0/s1. The van der Waals surface area contributed by atoms with E-state index < -0.39 is 0 Å². The first-order valence-corrected chi connectivity index (χ1v) is 9.57. The molecule has 0 aromatic carbocycles. The zero-order valence-electron chi connectivity index (χ0n) is 16.7. The van der Waals surface area contributed by atoms with E-state index in [9.17, 15) is 9.59 Å². The first-order chi connectivity index (χ1) is 12.3. The summed E-state index contributed by atoms with van der Waals surface area (Å²) in [5.41, 5.74) is 3.57. The predicted molar refractivity (Wildman–Crippen MR) is 99.6 cm³/mol. The Morgan fingerprint density at radius 1 is 1.23 bits per heavy atom. The minimum Gasteiger partial charge on any atom is -0.347 e. The molecule has 4 rings (SSSR count). The molecule has 0 aliphatic carbocycles. The second-order valence-corrected chi connectivity index (χ2v) is 7.84. The maximum Gasteiger partial charge on any atom is 0.241 e. The van der Waals surface area contributed by atoms with Gasteiger partial charge in [0.2, 0.25) is 11.8 Å². The van der Waals surface area contributed by atoms with Crippen LogP contribution in [0.3, 0.4) is 0 Å². The second kappa shape index (κ2) is 7.39. The lowest BCUT2D eigenvalue weighted by atomic mass is 9.94. The zero-order valence-corrected chi connectivity index (χ0v) is 16.7. The average Bonchev–Trinajstić information content (AvgIpc) is 2.75. The summed E-state index contributed by atoms with van der Waals surface area (Å²) >= 11 is 0. The minimum atomic E-state index is -0.00615. The van der Waals surface area contributed by atoms with E-state index in [0.717, 1.165) is 44.7 Å². The Morgan fingerprint density at radius 2 is 1.96 bits per heavy atom. The van der Waals surface area contributed by atoms with Crippen molar-refractivity contribution in [3.63, 3.8) is 0 Å². The number of carbonyl (C=O) groups excluding carboxylic acids is 2. The van der Waals surface area contributed by atoms with Gasteiger partial charge in [-0.3, -0.25) is 19.2 Å². The number of hydrogen-bond donors (Lipinski definition) is 0. The lowest BCUT2D eigenvalue weighted by Gasteiger charge is -2.36. The highest BCUT2D eigenvalue weighted by Gasteiger charge is 2.41. The van der Waals surface area contributed by atoms with Gasteiger partial charge in [-0.25, -0.2) is 0 Å². The van der Waals surface area contributed by atoms with Gasteiger partial charge in [0.25, 0.3) is 0 Å². The highest BCUT2D eigenvalue weighted by atomic mass is 16.2. The number of aryl methyl sites for hydroxylation is 2. The fraction of sp³-hybridized carbons (Fsp3) is 0.737. The van der Waals surface area contributed by atoms with Crippen LogP contribution in [-0.2, 0) is 22.7 Å². The quantitative estimate of drug-likeness (QED) is 0.786. The van der Waals surface area contributed by atoms with Gasteiger partial charge < -0.3 is 9.80 Å². The number of piperidine rings is 1. The molecule has 26 heavy (non-hydrogen) atoms. The van der Waals surface area contributed by atoms with E-state index in [2.05, 4.69) is 30.8 Å². The number of hydrogen-bond acceptors (Lipinski definition) is 4. The van der Waals surface area contributed by atoms with E-state index in [1.165, 1.54) is 11.3 Å². The van der Waals surface area contributed by atoms with Crippen molar-refractivity contribution in [2.24, 2.45) is 5.92 Å². The smallest absolute Gasteiger partial charge is 0.241 e. The molecule has 4 heterocycles. The van der Waals surface area contributed by atoms with E-state index in [-0.39, 0.29) is 30.3 Å². The van der Waals surface area contributed by atoms with E-state index >= 15 is 0 Å². The Morgan fingerprint density at radius 3 is 2.58 bits per heavy atom. The van der Waals surface area contributed by atoms with Gasteiger partial charge in [0, 0.05) is 57.6 Å². The van der Waals surface area contributed by atoms with Crippen LogP contribution in [0.5, 0.6) is 0 Å². The van der Waals surface area contributed by atoms with Gasteiger partial charge in [0.05, 0.1) is 11.6 Å². The number of carbonyl (C=O) groups is 2. The van der Waals surface area contributed by atoms with Crippen LogP contribution in [0.15, 0.2) is 0 Å². The molecule has 144 valence electrons. The predicted octanol–water partition coefficient (Wildman–Crippen LogP) is 1.03. The Hall–Kier alpha value is -1.89. The van der Waals surface area contributed by atoms with Gasteiger partial charge in [-0.1, -0.05) is 0 Å². The molecular formula is C19H31N5O2. The van der Waals surface area contributed by atoms with Gasteiger partial charge in [-0.2, -0.15) is 5.10 Å². The third kappa shape index (κ3) is 3.49. The molecule has 7 nitrogen and oxygen atoms in total. The van der Waals surface area contributed by atoms with Crippen molar-refractivity contribution in [3.8, 4) is 0 Å². The summed E-state index contributed by atoms with van der Waals surface area (Å²) in [6.45, 7) is 9.80. The van der Waals surface area contributed by atoms with E-state index in [1.54, 1.807) is 19.0 Å². The number of aromatic nitrogens is 2. The maximum atomic E-state index is 12.9. The molecule has 1 aromatic heterocycles. The largest absolute Gasteiger partial charge is 0.347 e. The fourth-order valence-electron chi connectivity index (χ4n) is 4.25. The molecule has 3 fully saturated rings. The van der Waals surface area contributed by atoms with Gasteiger partial charge in [0.1, 0.15) is 6.54 Å². The molecule has 2 atom stereocenters. The van der Waals surface area contributed by atoms with Crippen LogP contribution in [0, 0.1) is 19.8 Å². The highest BCUT2D eigenvalue weighted by Crippen LogP contribution is 2.30. The molecule has 1 aromatic rings. The maximum absolute atomic E-state index is 12.9. The molecule has 3 aliphatic heterocycles. The van der Waals surface area contributed by atoms with Crippen molar-refractivity contribution in [2.75, 3.05) is 33.7 Å². The molecule has 0 saturated carbocycles. The number of amides is 2. The zero-order chi connectivity index (χ0) is 19.0. The molecule has 0 radical (unpaired) electrons. The van der Waals surface area contributed by atoms with Crippen molar-refractivity contribution in [1.29, 1.82) is 0 Å². The van der Waals surface area contributed by atoms with Crippen LogP contribution < -0.4 is 0 Å². The molecule has 3 aliphatic rings. The molecule has 7 heteroatoms. The topological polar surface area (TPSA) is 61.7 Å². The van der Waals surface area contributed by atoms with Crippen LogP contribution in [-0.4, -0.2) is 76.1 Å². The van der Waals surface area contributed by atoms with Crippen LogP contribution in [0.1, 0.15) is 36.7 Å². The third-order valence-corrected chi connectivity index (χ3v) is 5.89. The summed E-state index contributed by atoms with van der Waals surface area (Å²) in [6.07, 6.45) is 1.92.